The van der Waals surface area contributed by atoms with E-state index in [-0.39, 0.29) is 17.0 Å². The number of aromatic nitrogens is 1. The van der Waals surface area contributed by atoms with Crippen molar-refractivity contribution >= 4 is 31.9 Å². The molecule has 0 aliphatic carbocycles. The molecule has 8 nitrogen and oxygen atoms in total. The van der Waals surface area contributed by atoms with Gasteiger partial charge in [-0.15, -0.1) is 0 Å². The number of hydrogen-bond donors (Lipinski definition) is 2. The first-order valence-corrected chi connectivity index (χ1v) is 9.83. The van der Waals surface area contributed by atoms with Crippen LogP contribution in [0.5, 0.6) is 5.88 Å². The number of primary sulfonamides is 1. The highest BCUT2D eigenvalue weighted by Crippen LogP contribution is 2.21. The lowest BCUT2D eigenvalue weighted by molar-refractivity contribution is 0.0949. The van der Waals surface area contributed by atoms with Gasteiger partial charge in [-0.05, 0) is 40.2 Å². The topological polar surface area (TPSA) is 121 Å². The third-order valence-corrected chi connectivity index (χ3v) is 4.93. The Morgan fingerprint density at radius 2 is 2.08 bits per heavy atom. The number of benzene rings is 1. The standard InChI is InChI=1S/C16H18BrN3O5S/c1-24-7-8-25-16-11(3-2-6-19-16)10-20-15(21)13-9-12(26(18,22)23)4-5-14(13)17/h2-6,9H,7-8,10H2,1H3,(H,20,21)(H2,18,22,23). The molecule has 1 aromatic heterocycles. The number of nitrogens with zero attached hydrogens (tertiary/aromatic N) is 1. The summed E-state index contributed by atoms with van der Waals surface area (Å²) in [6.45, 7) is 0.896. The van der Waals surface area contributed by atoms with Gasteiger partial charge in [-0.1, -0.05) is 6.07 Å². The first-order chi connectivity index (χ1) is 12.3. The molecular formula is C16H18BrN3O5S. The van der Waals surface area contributed by atoms with Gasteiger partial charge in [0.2, 0.25) is 15.9 Å². The van der Waals surface area contributed by atoms with Crippen molar-refractivity contribution in [3.63, 3.8) is 0 Å². The summed E-state index contributed by atoms with van der Waals surface area (Å²) >= 11 is 3.23. The summed E-state index contributed by atoms with van der Waals surface area (Å²) in [4.78, 5) is 16.4. The number of hydrogen-bond acceptors (Lipinski definition) is 6. The highest BCUT2D eigenvalue weighted by molar-refractivity contribution is 9.10. The number of nitrogens with one attached hydrogen (secondary N) is 1. The van der Waals surface area contributed by atoms with E-state index in [4.69, 9.17) is 14.6 Å². The molecule has 3 N–H and O–H groups in total. The van der Waals surface area contributed by atoms with Gasteiger partial charge in [-0.3, -0.25) is 4.79 Å². The lowest BCUT2D eigenvalue weighted by Crippen LogP contribution is -2.24. The number of ether oxygens (including phenoxy) is 2. The summed E-state index contributed by atoms with van der Waals surface area (Å²) < 4.78 is 33.8. The molecule has 2 rings (SSSR count). The first kappa shape index (κ1) is 20.3. The van der Waals surface area contributed by atoms with Gasteiger partial charge in [0.1, 0.15) is 6.61 Å². The van der Waals surface area contributed by atoms with Gasteiger partial charge >= 0.3 is 0 Å². The number of pyridine rings is 1. The Labute approximate surface area is 159 Å². The molecule has 0 unspecified atom stereocenters. The van der Waals surface area contributed by atoms with E-state index in [2.05, 4.69) is 26.2 Å². The van der Waals surface area contributed by atoms with Crippen LogP contribution in [0.3, 0.4) is 0 Å². The fourth-order valence-electron chi connectivity index (χ4n) is 2.04. The number of halogens is 1. The van der Waals surface area contributed by atoms with Crippen molar-refractivity contribution < 1.29 is 22.7 Å². The molecule has 140 valence electrons. The van der Waals surface area contributed by atoms with Crippen LogP contribution in [0.1, 0.15) is 15.9 Å². The molecule has 10 heteroatoms. The Hall–Kier alpha value is -2.01. The van der Waals surface area contributed by atoms with Crippen molar-refractivity contribution in [1.29, 1.82) is 0 Å². The van der Waals surface area contributed by atoms with Crippen LogP contribution in [0.2, 0.25) is 0 Å². The molecule has 0 spiro atoms. The summed E-state index contributed by atoms with van der Waals surface area (Å²) in [5.41, 5.74) is 0.831. The van der Waals surface area contributed by atoms with E-state index in [1.54, 1.807) is 25.4 Å². The Morgan fingerprint density at radius 1 is 1.31 bits per heavy atom. The molecule has 0 aliphatic rings. The van der Waals surface area contributed by atoms with Crippen molar-refractivity contribution in [2.24, 2.45) is 5.14 Å². The maximum atomic E-state index is 12.4. The minimum atomic E-state index is -3.90. The molecule has 1 aromatic carbocycles. The minimum absolute atomic E-state index is 0.143. The predicted octanol–water partition coefficient (Wildman–Crippen LogP) is 1.45. The normalized spacial score (nSPS) is 11.2. The monoisotopic (exact) mass is 443 g/mol. The molecule has 0 saturated heterocycles. The summed E-state index contributed by atoms with van der Waals surface area (Å²) in [5, 5.41) is 7.82. The molecule has 0 aliphatic heterocycles. The van der Waals surface area contributed by atoms with Gasteiger partial charge in [0.05, 0.1) is 17.1 Å². The molecule has 0 atom stereocenters. The largest absolute Gasteiger partial charge is 0.475 e. The van der Waals surface area contributed by atoms with Crippen LogP contribution in [0.25, 0.3) is 0 Å². The summed E-state index contributed by atoms with van der Waals surface area (Å²) in [7, 11) is -2.34. The van der Waals surface area contributed by atoms with Crippen LogP contribution in [0, 0.1) is 0 Å². The Kier molecular flexibility index (Phi) is 7.09. The number of carbonyl (C=O) groups is 1. The van der Waals surface area contributed by atoms with E-state index in [0.717, 1.165) is 0 Å². The van der Waals surface area contributed by atoms with Crippen LogP contribution in [-0.2, 0) is 21.3 Å². The second-order valence-electron chi connectivity index (χ2n) is 5.18. The van der Waals surface area contributed by atoms with E-state index < -0.39 is 15.9 Å². The van der Waals surface area contributed by atoms with Crippen LogP contribution in [0.4, 0.5) is 0 Å². The molecule has 0 radical (unpaired) electrons. The van der Waals surface area contributed by atoms with Crippen molar-refractivity contribution in [1.82, 2.24) is 10.3 Å². The fourth-order valence-corrected chi connectivity index (χ4v) is 3.00. The predicted molar refractivity (Wildman–Crippen MR) is 98.3 cm³/mol. The fraction of sp³-hybridized carbons (Fsp3) is 0.250. The summed E-state index contributed by atoms with van der Waals surface area (Å²) in [6.07, 6.45) is 1.58. The van der Waals surface area contributed by atoms with Crippen LogP contribution >= 0.6 is 15.9 Å². The van der Waals surface area contributed by atoms with E-state index >= 15 is 0 Å². The number of sulfonamides is 1. The third-order valence-electron chi connectivity index (χ3n) is 3.33. The molecule has 0 saturated carbocycles. The van der Waals surface area contributed by atoms with Crippen molar-refractivity contribution in [3.05, 3.63) is 52.1 Å². The molecule has 0 fully saturated rings. The number of methoxy groups -OCH3 is 1. The Morgan fingerprint density at radius 3 is 2.77 bits per heavy atom. The maximum absolute atomic E-state index is 12.4. The average Bonchev–Trinajstić information content (AvgIpc) is 2.60. The number of rotatable bonds is 8. The number of amides is 1. The van der Waals surface area contributed by atoms with Gasteiger partial charge in [-0.25, -0.2) is 18.5 Å². The lowest BCUT2D eigenvalue weighted by atomic mass is 10.2. The SMILES string of the molecule is COCCOc1ncccc1CNC(=O)c1cc(S(N)(=O)=O)ccc1Br. The molecular weight excluding hydrogens is 426 g/mol. The van der Waals surface area contributed by atoms with Gasteiger partial charge in [0, 0.05) is 29.9 Å². The van der Waals surface area contributed by atoms with Crippen LogP contribution < -0.4 is 15.2 Å². The van der Waals surface area contributed by atoms with Crippen molar-refractivity contribution in [3.8, 4) is 5.88 Å². The molecule has 0 bridgehead atoms. The molecule has 26 heavy (non-hydrogen) atoms. The van der Waals surface area contributed by atoms with Gasteiger partial charge in [0.25, 0.3) is 5.91 Å². The zero-order valence-electron chi connectivity index (χ0n) is 13.9. The second-order valence-corrected chi connectivity index (χ2v) is 7.59. The Balaban J connectivity index is 2.12. The van der Waals surface area contributed by atoms with E-state index in [0.29, 0.717) is 29.1 Å². The van der Waals surface area contributed by atoms with E-state index in [1.807, 2.05) is 0 Å². The van der Waals surface area contributed by atoms with Crippen LogP contribution in [-0.4, -0.2) is 39.6 Å². The smallest absolute Gasteiger partial charge is 0.252 e. The lowest BCUT2D eigenvalue weighted by Gasteiger charge is -2.12. The zero-order valence-corrected chi connectivity index (χ0v) is 16.3. The summed E-state index contributed by atoms with van der Waals surface area (Å²) in [6, 6.07) is 7.48. The average molecular weight is 444 g/mol. The number of carbonyl (C=O) groups excluding carboxylic acids is 1. The van der Waals surface area contributed by atoms with E-state index in [1.165, 1.54) is 18.2 Å². The zero-order chi connectivity index (χ0) is 19.2. The van der Waals surface area contributed by atoms with Crippen molar-refractivity contribution in [2.45, 2.75) is 11.4 Å². The van der Waals surface area contributed by atoms with Crippen molar-refractivity contribution in [2.75, 3.05) is 20.3 Å². The molecule has 2 aromatic rings. The highest BCUT2D eigenvalue weighted by atomic mass is 79.9. The second kappa shape index (κ2) is 9.08. The van der Waals surface area contributed by atoms with E-state index in [9.17, 15) is 13.2 Å². The van der Waals surface area contributed by atoms with Crippen LogP contribution in [0.15, 0.2) is 45.9 Å². The maximum Gasteiger partial charge on any atom is 0.252 e. The van der Waals surface area contributed by atoms with Gasteiger partial charge in [-0.2, -0.15) is 0 Å². The molecule has 1 amide bonds. The highest BCUT2D eigenvalue weighted by Gasteiger charge is 2.16. The minimum Gasteiger partial charge on any atom is -0.475 e. The third kappa shape index (κ3) is 5.49. The first-order valence-electron chi connectivity index (χ1n) is 7.49. The van der Waals surface area contributed by atoms with Gasteiger partial charge < -0.3 is 14.8 Å². The Bertz CT molecular complexity index is 889. The summed E-state index contributed by atoms with van der Waals surface area (Å²) in [5.74, 6) is -0.0729. The molecule has 1 heterocycles. The van der Waals surface area contributed by atoms with Gasteiger partial charge in [0.15, 0.2) is 0 Å². The number of nitrogens with two attached hydrogens (primary N) is 1. The quantitative estimate of drug-likeness (QED) is 0.595.